The van der Waals surface area contributed by atoms with Crippen molar-refractivity contribution in [2.45, 2.75) is 32.0 Å². The summed E-state index contributed by atoms with van der Waals surface area (Å²) in [5.41, 5.74) is 0.945. The van der Waals surface area contributed by atoms with Gasteiger partial charge in [0.25, 0.3) is 5.91 Å². The Morgan fingerprint density at radius 1 is 1.17 bits per heavy atom. The van der Waals surface area contributed by atoms with Crippen LogP contribution in [0, 0.1) is 11.3 Å². The highest BCUT2D eigenvalue weighted by atomic mass is 32.1. The van der Waals surface area contributed by atoms with Crippen molar-refractivity contribution in [2.24, 2.45) is 0 Å². The molecule has 0 spiro atoms. The summed E-state index contributed by atoms with van der Waals surface area (Å²) in [4.78, 5) is 35.8. The smallest absolute Gasteiger partial charge is 0.387 e. The molecule has 0 aliphatic carbocycles. The zero-order valence-corrected chi connectivity index (χ0v) is 25.8. The summed E-state index contributed by atoms with van der Waals surface area (Å²) in [7, 11) is 0. The molecule has 6 heterocycles. The van der Waals surface area contributed by atoms with E-state index in [0.717, 1.165) is 39.1 Å². The molecule has 13 nitrogen and oxygen atoms in total. The number of hydrogen-bond acceptors (Lipinski definition) is 10. The monoisotopic (exact) mass is 661 g/mol. The molecule has 2 aliphatic rings. The summed E-state index contributed by atoms with van der Waals surface area (Å²) in [5, 5.41) is 21.6. The third kappa shape index (κ3) is 6.37. The van der Waals surface area contributed by atoms with Gasteiger partial charge in [0.05, 0.1) is 25.1 Å². The molecule has 1 aromatic carbocycles. The fourth-order valence-electron chi connectivity index (χ4n) is 6.13. The van der Waals surface area contributed by atoms with Crippen LogP contribution in [0.2, 0.25) is 0 Å². The van der Waals surface area contributed by atoms with Crippen LogP contribution in [0.3, 0.4) is 0 Å². The summed E-state index contributed by atoms with van der Waals surface area (Å²) in [6.45, 7) is 1.14. The van der Waals surface area contributed by atoms with Gasteiger partial charge in [-0.15, -0.1) is 11.3 Å². The molecule has 2 aliphatic heterocycles. The lowest BCUT2D eigenvalue weighted by Crippen LogP contribution is -2.50. The van der Waals surface area contributed by atoms with E-state index >= 15 is 0 Å². The van der Waals surface area contributed by atoms with Crippen molar-refractivity contribution in [1.82, 2.24) is 34.2 Å². The second kappa shape index (κ2) is 13.0. The fraction of sp³-hybridized carbons (Fsp3) is 0.355. The number of carbonyl (C=O) groups excluding carboxylic acids is 2. The Balaban J connectivity index is 1.20. The molecule has 2 amide bonds. The maximum atomic E-state index is 13.6. The first-order chi connectivity index (χ1) is 22.9. The molecule has 1 N–H and O–H groups in total. The number of nitrogens with zero attached hydrogens (tertiary/aromatic N) is 8. The number of nitrogens with one attached hydrogen (secondary N) is 1. The highest BCUT2D eigenvalue weighted by Crippen LogP contribution is 2.40. The second-order valence-corrected chi connectivity index (χ2v) is 12.3. The summed E-state index contributed by atoms with van der Waals surface area (Å²) < 4.78 is 41.1. The average molecular weight is 662 g/mol. The quantitative estimate of drug-likeness (QED) is 0.262. The normalized spacial score (nSPS) is 16.2. The lowest BCUT2D eigenvalue weighted by molar-refractivity contribution is -0.133. The van der Waals surface area contributed by atoms with Gasteiger partial charge in [0.2, 0.25) is 5.91 Å². The largest absolute Gasteiger partial charge is 0.434 e. The maximum Gasteiger partial charge on any atom is 0.387 e. The number of ether oxygens (including phenoxy) is 2. The van der Waals surface area contributed by atoms with Crippen LogP contribution in [0.5, 0.6) is 5.75 Å². The van der Waals surface area contributed by atoms with Gasteiger partial charge in [-0.2, -0.15) is 24.2 Å². The number of piperidine rings is 1. The Morgan fingerprint density at radius 3 is 2.74 bits per heavy atom. The summed E-state index contributed by atoms with van der Waals surface area (Å²) >= 11 is 1.18. The number of anilines is 1. The lowest BCUT2D eigenvalue weighted by atomic mass is 10.0. The molecule has 0 bridgehead atoms. The van der Waals surface area contributed by atoms with Gasteiger partial charge in [-0.05, 0) is 42.5 Å². The number of thiophene rings is 1. The van der Waals surface area contributed by atoms with Crippen molar-refractivity contribution >= 4 is 44.6 Å². The molecule has 2 saturated heterocycles. The zero-order valence-electron chi connectivity index (χ0n) is 25.0. The van der Waals surface area contributed by atoms with Crippen LogP contribution >= 0.6 is 11.3 Å². The first-order valence-corrected chi connectivity index (χ1v) is 15.9. The van der Waals surface area contributed by atoms with Crippen LogP contribution in [0.15, 0.2) is 49.1 Å². The molecule has 2 fully saturated rings. The first kappa shape index (κ1) is 30.7. The van der Waals surface area contributed by atoms with Gasteiger partial charge in [-0.25, -0.2) is 9.50 Å². The van der Waals surface area contributed by atoms with E-state index in [9.17, 15) is 23.6 Å². The minimum Gasteiger partial charge on any atom is -0.434 e. The van der Waals surface area contributed by atoms with Gasteiger partial charge in [0, 0.05) is 61.1 Å². The summed E-state index contributed by atoms with van der Waals surface area (Å²) in [5.74, 6) is -0.901. The van der Waals surface area contributed by atoms with E-state index in [1.54, 1.807) is 29.3 Å². The maximum absolute atomic E-state index is 13.6. The number of alkyl halides is 2. The van der Waals surface area contributed by atoms with Gasteiger partial charge in [-0.1, -0.05) is 0 Å². The third-order valence-electron chi connectivity index (χ3n) is 8.41. The van der Waals surface area contributed by atoms with E-state index in [1.807, 2.05) is 0 Å². The van der Waals surface area contributed by atoms with E-state index in [2.05, 4.69) is 31.5 Å². The number of likely N-dealkylation sites (tertiary alicyclic amines) is 1. The predicted molar refractivity (Wildman–Crippen MR) is 167 cm³/mol. The van der Waals surface area contributed by atoms with E-state index < -0.39 is 12.5 Å². The van der Waals surface area contributed by atoms with Crippen molar-refractivity contribution in [1.29, 1.82) is 5.26 Å². The summed E-state index contributed by atoms with van der Waals surface area (Å²) in [6, 6.07) is 8.74. The molecule has 5 aromatic rings. The van der Waals surface area contributed by atoms with E-state index in [1.165, 1.54) is 45.2 Å². The fourth-order valence-corrected chi connectivity index (χ4v) is 7.01. The van der Waals surface area contributed by atoms with Gasteiger partial charge in [-0.3, -0.25) is 19.2 Å². The second-order valence-electron chi connectivity index (χ2n) is 11.2. The molecule has 0 radical (unpaired) electrons. The molecule has 0 atom stereocenters. The number of nitriles is 1. The Kier molecular flexibility index (Phi) is 8.50. The van der Waals surface area contributed by atoms with E-state index in [-0.39, 0.29) is 40.7 Å². The number of morpholine rings is 1. The SMILES string of the molecule is N#Cc1cc2cc(OC(F)F)c(-c3nn(CC(=O)N4CCC(N5CCOCC5)CC4)cc3NC(=O)c3cnn4cccnc34)cc2s1. The van der Waals surface area contributed by atoms with Crippen LogP contribution in [0.4, 0.5) is 14.5 Å². The van der Waals surface area contributed by atoms with E-state index in [0.29, 0.717) is 39.7 Å². The van der Waals surface area contributed by atoms with E-state index in [4.69, 9.17) is 9.47 Å². The number of halogens is 2. The number of rotatable bonds is 8. The van der Waals surface area contributed by atoms with Crippen molar-refractivity contribution in [3.05, 3.63) is 59.5 Å². The Morgan fingerprint density at radius 2 is 1.98 bits per heavy atom. The highest BCUT2D eigenvalue weighted by molar-refractivity contribution is 7.19. The predicted octanol–water partition coefficient (Wildman–Crippen LogP) is 3.86. The van der Waals surface area contributed by atoms with Gasteiger partial charge >= 0.3 is 6.61 Å². The van der Waals surface area contributed by atoms with Gasteiger partial charge in [0.1, 0.15) is 34.5 Å². The molecule has 242 valence electrons. The first-order valence-electron chi connectivity index (χ1n) is 15.1. The number of fused-ring (bicyclic) bond motifs is 2. The standard InChI is InChI=1S/C31H29F2N9O4S/c32-31(33)46-25-13-19-12-21(15-34)47-26(19)14-22(25)28-24(37-30(44)23-16-36-42-5-1-4-35-29(23)42)17-41(38-28)18-27(43)40-6-2-20(3-7-40)39-8-10-45-11-9-39/h1,4-5,12-14,16-17,20,31H,2-3,6-11,18H2,(H,37,44). The number of benzene rings is 1. The molecular weight excluding hydrogens is 632 g/mol. The van der Waals surface area contributed by atoms with Crippen molar-refractivity contribution in [2.75, 3.05) is 44.7 Å². The number of carbonyl (C=O) groups is 2. The molecule has 0 unspecified atom stereocenters. The molecule has 4 aromatic heterocycles. The molecule has 16 heteroatoms. The number of aromatic nitrogens is 5. The average Bonchev–Trinajstić information content (AvgIpc) is 3.81. The van der Waals surface area contributed by atoms with Crippen LogP contribution in [-0.4, -0.2) is 98.0 Å². The highest BCUT2D eigenvalue weighted by Gasteiger charge is 2.29. The minimum atomic E-state index is -3.15. The van der Waals surface area contributed by atoms with Crippen LogP contribution in [-0.2, 0) is 16.1 Å². The molecule has 0 saturated carbocycles. The Bertz CT molecular complexity index is 1990. The third-order valence-corrected chi connectivity index (χ3v) is 9.41. The van der Waals surface area contributed by atoms with Crippen LogP contribution < -0.4 is 10.1 Å². The van der Waals surface area contributed by atoms with Crippen molar-refractivity contribution < 1.29 is 27.8 Å². The molecule has 47 heavy (non-hydrogen) atoms. The van der Waals surface area contributed by atoms with Crippen molar-refractivity contribution in [3.63, 3.8) is 0 Å². The van der Waals surface area contributed by atoms with Crippen LogP contribution in [0.25, 0.3) is 27.0 Å². The topological polar surface area (TPSA) is 143 Å². The molecular formula is C31H29F2N9O4S. The summed E-state index contributed by atoms with van der Waals surface area (Å²) in [6.07, 6.45) is 7.76. The lowest BCUT2D eigenvalue weighted by Gasteiger charge is -2.40. The van der Waals surface area contributed by atoms with Gasteiger partial charge in [0.15, 0.2) is 5.65 Å². The van der Waals surface area contributed by atoms with Crippen molar-refractivity contribution in [3.8, 4) is 23.1 Å². The number of hydrogen-bond donors (Lipinski definition) is 1. The number of amides is 2. The minimum absolute atomic E-state index is 0.117. The van der Waals surface area contributed by atoms with Gasteiger partial charge < -0.3 is 19.7 Å². The van der Waals surface area contributed by atoms with Crippen LogP contribution in [0.1, 0.15) is 28.1 Å². The Hall–Kier alpha value is -4.98. The Labute approximate surface area is 270 Å². The zero-order chi connectivity index (χ0) is 32.5. The molecule has 7 rings (SSSR count).